The second-order valence-corrected chi connectivity index (χ2v) is 6.70. The number of imidazole rings is 1. The highest BCUT2D eigenvalue weighted by Crippen LogP contribution is 2.32. The smallest absolute Gasteiger partial charge is 0.167 e. The predicted octanol–water partition coefficient (Wildman–Crippen LogP) is 0.703. The SMILES string of the molecule is OC[C@H]1OC(n2cnc3c(NCc4cccc(Cl)c4)ncnc32)[C@@H](O)[C@@H]1O. The molecule has 0 radical (unpaired) electrons. The monoisotopic (exact) mass is 391 g/mol. The molecule has 0 saturated carbocycles. The molecule has 1 aliphatic rings. The Balaban J connectivity index is 1.60. The summed E-state index contributed by atoms with van der Waals surface area (Å²) in [6.45, 7) is 0.0934. The first-order chi connectivity index (χ1) is 13.1. The summed E-state index contributed by atoms with van der Waals surface area (Å²) in [6, 6.07) is 7.46. The summed E-state index contributed by atoms with van der Waals surface area (Å²) in [5.41, 5.74) is 1.92. The third kappa shape index (κ3) is 3.35. The quantitative estimate of drug-likeness (QED) is 0.501. The Bertz CT molecular complexity index is 952. The van der Waals surface area contributed by atoms with Gasteiger partial charge in [0.1, 0.15) is 24.6 Å². The summed E-state index contributed by atoms with van der Waals surface area (Å²) >= 11 is 6.00. The molecule has 27 heavy (non-hydrogen) atoms. The zero-order chi connectivity index (χ0) is 19.0. The second kappa shape index (κ2) is 7.37. The van der Waals surface area contributed by atoms with Crippen molar-refractivity contribution in [3.63, 3.8) is 0 Å². The molecule has 1 aromatic carbocycles. The van der Waals surface area contributed by atoms with Crippen molar-refractivity contribution in [2.24, 2.45) is 0 Å². The predicted molar refractivity (Wildman–Crippen MR) is 97.1 cm³/mol. The van der Waals surface area contributed by atoms with Gasteiger partial charge in [0, 0.05) is 11.6 Å². The standard InChI is InChI=1S/C17H18ClN5O4/c18-10-3-1-2-9(4-10)5-19-15-12-16(21-7-20-15)23(8-22-12)17-14(26)13(25)11(6-24)27-17/h1-4,7-8,11,13-14,17,24-26H,5-6H2,(H,19,20,21)/t11-,13-,14+,17?/m1/s1. The summed E-state index contributed by atoms with van der Waals surface area (Å²) < 4.78 is 7.07. The molecule has 2 aromatic heterocycles. The van der Waals surface area contributed by atoms with E-state index in [9.17, 15) is 15.3 Å². The summed E-state index contributed by atoms with van der Waals surface area (Å²) in [4.78, 5) is 12.8. The summed E-state index contributed by atoms with van der Waals surface area (Å²) in [6.07, 6.45) is -1.34. The Morgan fingerprint density at radius 3 is 2.78 bits per heavy atom. The van der Waals surface area contributed by atoms with Gasteiger partial charge in [-0.2, -0.15) is 0 Å². The van der Waals surface area contributed by atoms with Crippen molar-refractivity contribution < 1.29 is 20.1 Å². The molecular weight excluding hydrogens is 374 g/mol. The molecule has 0 aliphatic carbocycles. The molecular formula is C17H18ClN5O4. The molecule has 1 aliphatic heterocycles. The number of nitrogens with one attached hydrogen (secondary N) is 1. The maximum Gasteiger partial charge on any atom is 0.167 e. The van der Waals surface area contributed by atoms with Crippen LogP contribution in [0.25, 0.3) is 11.2 Å². The first-order valence-corrected chi connectivity index (χ1v) is 8.74. The van der Waals surface area contributed by atoms with Crippen molar-refractivity contribution in [2.75, 3.05) is 11.9 Å². The topological polar surface area (TPSA) is 126 Å². The van der Waals surface area contributed by atoms with Crippen molar-refractivity contribution in [1.29, 1.82) is 0 Å². The van der Waals surface area contributed by atoms with Gasteiger partial charge in [-0.3, -0.25) is 4.57 Å². The fourth-order valence-electron chi connectivity index (χ4n) is 3.11. The first-order valence-electron chi connectivity index (χ1n) is 8.37. The van der Waals surface area contributed by atoms with Crippen LogP contribution < -0.4 is 5.32 Å². The lowest BCUT2D eigenvalue weighted by Crippen LogP contribution is -2.33. The zero-order valence-corrected chi connectivity index (χ0v) is 14.9. The Labute approximate surface area is 159 Å². The number of fused-ring (bicyclic) bond motifs is 1. The van der Waals surface area contributed by atoms with Gasteiger partial charge in [0.2, 0.25) is 0 Å². The molecule has 1 unspecified atom stereocenters. The third-order valence-corrected chi connectivity index (χ3v) is 4.73. The van der Waals surface area contributed by atoms with Gasteiger partial charge in [0.15, 0.2) is 23.2 Å². The van der Waals surface area contributed by atoms with Crippen molar-refractivity contribution in [1.82, 2.24) is 19.5 Å². The molecule has 0 bridgehead atoms. The highest BCUT2D eigenvalue weighted by molar-refractivity contribution is 6.30. The minimum atomic E-state index is -1.21. The van der Waals surface area contributed by atoms with E-state index in [0.29, 0.717) is 28.5 Å². The molecule has 9 nitrogen and oxygen atoms in total. The molecule has 1 fully saturated rings. The van der Waals surface area contributed by atoms with Crippen LogP contribution >= 0.6 is 11.6 Å². The second-order valence-electron chi connectivity index (χ2n) is 6.26. The molecule has 4 rings (SSSR count). The number of benzene rings is 1. The summed E-state index contributed by atoms with van der Waals surface area (Å²) in [5, 5.41) is 33.3. The number of aliphatic hydroxyl groups is 3. The van der Waals surface area contributed by atoms with E-state index >= 15 is 0 Å². The van der Waals surface area contributed by atoms with Crippen molar-refractivity contribution in [3.8, 4) is 0 Å². The van der Waals surface area contributed by atoms with Crippen LogP contribution in [0.3, 0.4) is 0 Å². The molecule has 4 atom stereocenters. The zero-order valence-electron chi connectivity index (χ0n) is 14.1. The average Bonchev–Trinajstić information content (AvgIpc) is 3.22. The Morgan fingerprint density at radius 1 is 1.19 bits per heavy atom. The maximum absolute atomic E-state index is 10.2. The van der Waals surface area contributed by atoms with E-state index in [1.54, 1.807) is 6.07 Å². The van der Waals surface area contributed by atoms with Gasteiger partial charge in [-0.15, -0.1) is 0 Å². The first kappa shape index (κ1) is 18.1. The Morgan fingerprint density at radius 2 is 2.04 bits per heavy atom. The van der Waals surface area contributed by atoms with E-state index in [-0.39, 0.29) is 0 Å². The Kier molecular flexibility index (Phi) is 4.94. The van der Waals surface area contributed by atoms with E-state index in [4.69, 9.17) is 16.3 Å². The van der Waals surface area contributed by atoms with E-state index in [0.717, 1.165) is 5.56 Å². The van der Waals surface area contributed by atoms with Crippen LogP contribution in [-0.2, 0) is 11.3 Å². The number of aliphatic hydroxyl groups excluding tert-OH is 3. The van der Waals surface area contributed by atoms with Gasteiger partial charge in [-0.25, -0.2) is 15.0 Å². The molecule has 0 spiro atoms. The van der Waals surface area contributed by atoms with Gasteiger partial charge < -0.3 is 25.4 Å². The molecule has 142 valence electrons. The van der Waals surface area contributed by atoms with E-state index < -0.39 is 31.1 Å². The highest BCUT2D eigenvalue weighted by Gasteiger charge is 2.44. The number of nitrogens with zero attached hydrogens (tertiary/aromatic N) is 4. The molecule has 10 heteroatoms. The molecule has 3 aromatic rings. The third-order valence-electron chi connectivity index (χ3n) is 4.50. The average molecular weight is 392 g/mol. The minimum absolute atomic E-state index is 0.400. The van der Waals surface area contributed by atoms with Crippen LogP contribution in [0.15, 0.2) is 36.9 Å². The lowest BCUT2D eigenvalue weighted by Gasteiger charge is -2.16. The van der Waals surface area contributed by atoms with Gasteiger partial charge >= 0.3 is 0 Å². The van der Waals surface area contributed by atoms with Gasteiger partial charge in [0.25, 0.3) is 0 Å². The van der Waals surface area contributed by atoms with Gasteiger partial charge in [-0.05, 0) is 17.7 Å². The molecule has 0 amide bonds. The fraction of sp³-hybridized carbons (Fsp3) is 0.353. The number of ether oxygens (including phenoxy) is 1. The normalized spacial score (nSPS) is 25.2. The highest BCUT2D eigenvalue weighted by atomic mass is 35.5. The van der Waals surface area contributed by atoms with Gasteiger partial charge in [0.05, 0.1) is 12.9 Å². The van der Waals surface area contributed by atoms with Crippen molar-refractivity contribution in [3.05, 3.63) is 47.5 Å². The lowest BCUT2D eigenvalue weighted by molar-refractivity contribution is -0.0511. The number of halogens is 1. The van der Waals surface area contributed by atoms with Crippen molar-refractivity contribution in [2.45, 2.75) is 31.1 Å². The van der Waals surface area contributed by atoms with Crippen LogP contribution in [0, 0.1) is 0 Å². The molecule has 4 N–H and O–H groups in total. The summed E-state index contributed by atoms with van der Waals surface area (Å²) in [7, 11) is 0. The number of hydrogen-bond acceptors (Lipinski definition) is 8. The minimum Gasteiger partial charge on any atom is -0.394 e. The van der Waals surface area contributed by atoms with E-state index in [2.05, 4.69) is 20.3 Å². The Hall–Kier alpha value is -2.30. The largest absolute Gasteiger partial charge is 0.394 e. The maximum atomic E-state index is 10.2. The fourth-order valence-corrected chi connectivity index (χ4v) is 3.32. The summed E-state index contributed by atoms with van der Waals surface area (Å²) in [5.74, 6) is 0.519. The lowest BCUT2D eigenvalue weighted by atomic mass is 10.1. The van der Waals surface area contributed by atoms with Crippen LogP contribution in [0.5, 0.6) is 0 Å². The van der Waals surface area contributed by atoms with E-state index in [1.165, 1.54) is 17.2 Å². The molecule has 1 saturated heterocycles. The number of aromatic nitrogens is 4. The number of anilines is 1. The van der Waals surface area contributed by atoms with Crippen LogP contribution in [-0.4, -0.2) is 59.8 Å². The van der Waals surface area contributed by atoms with Crippen LogP contribution in [0.2, 0.25) is 5.02 Å². The number of hydrogen-bond donors (Lipinski definition) is 4. The number of rotatable bonds is 5. The van der Waals surface area contributed by atoms with E-state index in [1.807, 2.05) is 18.2 Å². The van der Waals surface area contributed by atoms with Crippen LogP contribution in [0.4, 0.5) is 5.82 Å². The van der Waals surface area contributed by atoms with Crippen molar-refractivity contribution >= 4 is 28.6 Å². The van der Waals surface area contributed by atoms with Crippen LogP contribution in [0.1, 0.15) is 11.8 Å². The molecule has 3 heterocycles. The van der Waals surface area contributed by atoms with Gasteiger partial charge in [-0.1, -0.05) is 23.7 Å².